The summed E-state index contributed by atoms with van der Waals surface area (Å²) in [5, 5.41) is 0. The maximum absolute atomic E-state index is 13.0. The molecule has 0 aromatic carbocycles. The summed E-state index contributed by atoms with van der Waals surface area (Å²) >= 11 is 0. The van der Waals surface area contributed by atoms with Crippen LogP contribution in [0.4, 0.5) is 0 Å². The number of rotatable bonds is 65. The molecule has 0 aromatic heterocycles. The third kappa shape index (κ3) is 69.0. The van der Waals surface area contributed by atoms with Crippen molar-refractivity contribution in [2.24, 2.45) is 0 Å². The van der Waals surface area contributed by atoms with Gasteiger partial charge in [-0.15, -0.1) is 0 Å². The molecule has 478 valence electrons. The van der Waals surface area contributed by atoms with Crippen LogP contribution in [0.15, 0.2) is 97.2 Å². The number of unbranched alkanes of at least 4 members (excludes halogenated alkanes) is 38. The van der Waals surface area contributed by atoms with Crippen molar-refractivity contribution in [3.63, 3.8) is 0 Å². The van der Waals surface area contributed by atoms with E-state index in [1.54, 1.807) is 0 Å². The van der Waals surface area contributed by atoms with Gasteiger partial charge in [0, 0.05) is 19.3 Å². The molecule has 0 aliphatic carbocycles. The van der Waals surface area contributed by atoms with Crippen LogP contribution in [0.3, 0.4) is 0 Å². The van der Waals surface area contributed by atoms with Crippen molar-refractivity contribution in [2.75, 3.05) is 13.2 Å². The van der Waals surface area contributed by atoms with Crippen molar-refractivity contribution in [1.82, 2.24) is 0 Å². The van der Waals surface area contributed by atoms with Gasteiger partial charge in [-0.1, -0.05) is 317 Å². The van der Waals surface area contributed by atoms with E-state index in [2.05, 4.69) is 118 Å². The van der Waals surface area contributed by atoms with Gasteiger partial charge in [0.25, 0.3) is 0 Å². The van der Waals surface area contributed by atoms with Crippen LogP contribution in [0.1, 0.15) is 355 Å². The zero-order chi connectivity index (χ0) is 59.9. The number of esters is 3. The predicted molar refractivity (Wildman–Crippen MR) is 362 cm³/mol. The lowest BCUT2D eigenvalue weighted by atomic mass is 10.0. The molecule has 0 amide bonds. The lowest BCUT2D eigenvalue weighted by Gasteiger charge is -2.18. The second-order valence-electron chi connectivity index (χ2n) is 23.7. The SMILES string of the molecule is CC/C=C\C/C=C\C/C=C\C/C=C\CCCCCCCCCCCCC(=O)OC(COC(=O)CCCCC/C=C\C/C=C\C/C=C\CC)COC(=O)CCCCCCCCCCCCCCCCCCC/C=C\CCCCCCCCCC. The van der Waals surface area contributed by atoms with E-state index >= 15 is 0 Å². The highest BCUT2D eigenvalue weighted by molar-refractivity contribution is 5.71. The van der Waals surface area contributed by atoms with E-state index in [9.17, 15) is 14.4 Å². The van der Waals surface area contributed by atoms with Crippen molar-refractivity contribution in [3.8, 4) is 0 Å². The number of ether oxygens (including phenoxy) is 3. The van der Waals surface area contributed by atoms with Crippen molar-refractivity contribution in [3.05, 3.63) is 97.2 Å². The van der Waals surface area contributed by atoms with Gasteiger partial charge in [0.2, 0.25) is 0 Å². The zero-order valence-electron chi connectivity index (χ0n) is 54.9. The fourth-order valence-corrected chi connectivity index (χ4v) is 10.3. The summed E-state index contributed by atoms with van der Waals surface area (Å²) in [5.74, 6) is -0.906. The van der Waals surface area contributed by atoms with Crippen LogP contribution >= 0.6 is 0 Å². The molecule has 0 bridgehead atoms. The summed E-state index contributed by atoms with van der Waals surface area (Å²) in [7, 11) is 0. The Morgan fingerprint density at radius 1 is 0.253 bits per heavy atom. The fourth-order valence-electron chi connectivity index (χ4n) is 10.3. The Hall–Kier alpha value is -3.67. The standard InChI is InChI=1S/C77H134O6/c1-4-7-10-13-16-19-22-25-27-29-31-33-35-36-37-38-39-40-42-43-45-47-49-52-55-58-61-64-67-70-76(79)82-73-74(72-81-75(78)69-66-63-60-57-54-51-24-21-18-15-12-9-6-3)83-77(80)71-68-65-62-59-56-53-50-48-46-44-41-34-32-30-28-26-23-20-17-14-11-8-5-2/h8-9,11-12,17-18,20-21,26,28-29,31-32,34,51,54,74H,4-7,10,13-16,19,22-25,27,30,33,35-50,52-53,55-73H2,1-3H3/b11-8-,12-9-,20-17-,21-18-,28-26-,31-29-,34-32-,54-51-. The van der Waals surface area contributed by atoms with Gasteiger partial charge in [-0.2, -0.15) is 0 Å². The van der Waals surface area contributed by atoms with Crippen LogP contribution in [-0.2, 0) is 28.6 Å². The summed E-state index contributed by atoms with van der Waals surface area (Å²) < 4.78 is 17.0. The molecule has 83 heavy (non-hydrogen) atoms. The van der Waals surface area contributed by atoms with E-state index in [1.165, 1.54) is 205 Å². The molecule has 0 radical (unpaired) electrons. The van der Waals surface area contributed by atoms with Crippen LogP contribution in [0.5, 0.6) is 0 Å². The zero-order valence-corrected chi connectivity index (χ0v) is 54.9. The first-order valence-electron chi connectivity index (χ1n) is 35.7. The first-order valence-corrected chi connectivity index (χ1v) is 35.7. The van der Waals surface area contributed by atoms with Crippen LogP contribution < -0.4 is 0 Å². The van der Waals surface area contributed by atoms with Gasteiger partial charge in [0.15, 0.2) is 6.10 Å². The summed E-state index contributed by atoms with van der Waals surface area (Å²) in [5.41, 5.74) is 0. The number of carbonyl (C=O) groups is 3. The normalized spacial score (nSPS) is 12.7. The van der Waals surface area contributed by atoms with Crippen LogP contribution in [-0.4, -0.2) is 37.2 Å². The van der Waals surface area contributed by atoms with E-state index in [4.69, 9.17) is 14.2 Å². The lowest BCUT2D eigenvalue weighted by Crippen LogP contribution is -2.30. The maximum Gasteiger partial charge on any atom is 0.306 e. The van der Waals surface area contributed by atoms with Crippen LogP contribution in [0, 0.1) is 0 Å². The Labute approximate surface area is 515 Å². The monoisotopic (exact) mass is 1160 g/mol. The molecule has 0 saturated carbocycles. The Bertz CT molecular complexity index is 1610. The smallest absolute Gasteiger partial charge is 0.306 e. The fraction of sp³-hybridized carbons (Fsp3) is 0.753. The molecule has 0 spiro atoms. The molecule has 0 fully saturated rings. The Morgan fingerprint density at radius 2 is 0.470 bits per heavy atom. The molecule has 0 rings (SSSR count). The summed E-state index contributed by atoms with van der Waals surface area (Å²) in [6.45, 7) is 6.43. The van der Waals surface area contributed by atoms with Gasteiger partial charge in [0.05, 0.1) is 0 Å². The molecule has 1 unspecified atom stereocenters. The van der Waals surface area contributed by atoms with Crippen LogP contribution in [0.2, 0.25) is 0 Å². The number of carbonyl (C=O) groups excluding carboxylic acids is 3. The molecular weight excluding hydrogens is 1020 g/mol. The molecule has 0 aromatic rings. The summed E-state index contributed by atoms with van der Waals surface area (Å²) in [6, 6.07) is 0. The molecule has 6 nitrogen and oxygen atoms in total. The number of allylic oxidation sites excluding steroid dienone is 16. The van der Waals surface area contributed by atoms with Gasteiger partial charge in [-0.05, 0) is 116 Å². The molecule has 0 aliphatic heterocycles. The molecule has 1 atom stereocenters. The minimum atomic E-state index is -0.794. The molecule has 6 heteroatoms. The molecule has 0 saturated heterocycles. The Morgan fingerprint density at radius 3 is 0.759 bits per heavy atom. The topological polar surface area (TPSA) is 78.9 Å². The average molecular weight is 1160 g/mol. The first kappa shape index (κ1) is 79.3. The Kier molecular flexibility index (Phi) is 67.7. The van der Waals surface area contributed by atoms with Crippen molar-refractivity contribution in [2.45, 2.75) is 361 Å². The van der Waals surface area contributed by atoms with E-state index < -0.39 is 6.10 Å². The van der Waals surface area contributed by atoms with Crippen molar-refractivity contribution >= 4 is 17.9 Å². The maximum atomic E-state index is 13.0. The minimum absolute atomic E-state index is 0.0863. The highest BCUT2D eigenvalue weighted by Gasteiger charge is 2.19. The number of hydrogen-bond acceptors (Lipinski definition) is 6. The lowest BCUT2D eigenvalue weighted by molar-refractivity contribution is -0.167. The van der Waals surface area contributed by atoms with Crippen LogP contribution in [0.25, 0.3) is 0 Å². The van der Waals surface area contributed by atoms with E-state index in [1.807, 2.05) is 0 Å². The predicted octanol–water partition coefficient (Wildman–Crippen LogP) is 24.8. The Balaban J connectivity index is 4.24. The summed E-state index contributed by atoms with van der Waals surface area (Å²) in [6.07, 6.45) is 95.9. The molecule has 0 aliphatic rings. The van der Waals surface area contributed by atoms with Gasteiger partial charge in [0.1, 0.15) is 13.2 Å². The first-order chi connectivity index (χ1) is 41.0. The quantitative estimate of drug-likeness (QED) is 0.0261. The number of hydrogen-bond donors (Lipinski definition) is 0. The van der Waals surface area contributed by atoms with Gasteiger partial charge in [-0.25, -0.2) is 0 Å². The molecule has 0 heterocycles. The third-order valence-electron chi connectivity index (χ3n) is 15.6. The summed E-state index contributed by atoms with van der Waals surface area (Å²) in [4.78, 5) is 38.4. The van der Waals surface area contributed by atoms with Crippen molar-refractivity contribution in [1.29, 1.82) is 0 Å². The van der Waals surface area contributed by atoms with E-state index in [0.29, 0.717) is 19.3 Å². The van der Waals surface area contributed by atoms with Gasteiger partial charge < -0.3 is 14.2 Å². The van der Waals surface area contributed by atoms with E-state index in [-0.39, 0.29) is 31.1 Å². The second-order valence-corrected chi connectivity index (χ2v) is 23.7. The van der Waals surface area contributed by atoms with Crippen molar-refractivity contribution < 1.29 is 28.6 Å². The highest BCUT2D eigenvalue weighted by atomic mass is 16.6. The van der Waals surface area contributed by atoms with E-state index in [0.717, 1.165) is 109 Å². The van der Waals surface area contributed by atoms with Gasteiger partial charge >= 0.3 is 17.9 Å². The third-order valence-corrected chi connectivity index (χ3v) is 15.6. The largest absolute Gasteiger partial charge is 0.462 e. The minimum Gasteiger partial charge on any atom is -0.462 e. The second kappa shape index (κ2) is 70.8. The molecular formula is C77H134O6. The highest BCUT2D eigenvalue weighted by Crippen LogP contribution is 2.18. The molecule has 0 N–H and O–H groups in total. The average Bonchev–Trinajstić information content (AvgIpc) is 3.49. The van der Waals surface area contributed by atoms with Gasteiger partial charge in [-0.3, -0.25) is 14.4 Å².